The van der Waals surface area contributed by atoms with Crippen molar-refractivity contribution in [2.75, 3.05) is 6.54 Å². The zero-order valence-corrected chi connectivity index (χ0v) is 16.2. The molecule has 1 aliphatic rings. The highest BCUT2D eigenvalue weighted by Gasteiger charge is 2.31. The fourth-order valence-electron chi connectivity index (χ4n) is 2.52. The fraction of sp³-hybridized carbons (Fsp3) is 0.143. The standard InChI is InChI=1S/C21H19ClN2OS/c1-3-24-20(25)19(14-7-11-16-9-5-4-6-10-16)26-21(24)23-18-13-8-12-17(22)15(18)2/h4-14H,3H2,1-2H3. The smallest absolute Gasteiger partial charge is 0.266 e. The monoisotopic (exact) mass is 382 g/mol. The van der Waals surface area contributed by atoms with Crippen molar-refractivity contribution in [1.82, 2.24) is 4.90 Å². The van der Waals surface area contributed by atoms with Crippen molar-refractivity contribution < 1.29 is 4.79 Å². The summed E-state index contributed by atoms with van der Waals surface area (Å²) in [4.78, 5) is 19.7. The van der Waals surface area contributed by atoms with Gasteiger partial charge in [0.25, 0.3) is 5.91 Å². The van der Waals surface area contributed by atoms with E-state index in [0.29, 0.717) is 21.6 Å². The van der Waals surface area contributed by atoms with Gasteiger partial charge in [0.2, 0.25) is 0 Å². The zero-order chi connectivity index (χ0) is 18.5. The van der Waals surface area contributed by atoms with Crippen molar-refractivity contribution in [3.8, 4) is 0 Å². The molecular weight excluding hydrogens is 364 g/mol. The van der Waals surface area contributed by atoms with Crippen molar-refractivity contribution >= 4 is 46.2 Å². The van der Waals surface area contributed by atoms with Gasteiger partial charge >= 0.3 is 0 Å². The molecular formula is C21H19ClN2OS. The van der Waals surface area contributed by atoms with E-state index < -0.39 is 0 Å². The molecule has 1 saturated heterocycles. The summed E-state index contributed by atoms with van der Waals surface area (Å²) in [5, 5.41) is 1.35. The van der Waals surface area contributed by atoms with Crippen LogP contribution in [0.25, 0.3) is 6.08 Å². The lowest BCUT2D eigenvalue weighted by molar-refractivity contribution is -0.122. The van der Waals surface area contributed by atoms with Crippen molar-refractivity contribution in [2.24, 2.45) is 4.99 Å². The van der Waals surface area contributed by atoms with Gasteiger partial charge in [0.1, 0.15) is 0 Å². The molecule has 0 saturated carbocycles. The Labute approximate surface area is 163 Å². The van der Waals surface area contributed by atoms with Crippen LogP contribution in [0, 0.1) is 6.92 Å². The van der Waals surface area contributed by atoms with Gasteiger partial charge in [0.05, 0.1) is 10.6 Å². The van der Waals surface area contributed by atoms with Crippen molar-refractivity contribution in [3.63, 3.8) is 0 Å². The van der Waals surface area contributed by atoms with Gasteiger partial charge in [0, 0.05) is 11.6 Å². The van der Waals surface area contributed by atoms with Gasteiger partial charge in [0.15, 0.2) is 5.17 Å². The van der Waals surface area contributed by atoms with Crippen LogP contribution in [0.3, 0.4) is 0 Å². The molecule has 132 valence electrons. The Hall–Kier alpha value is -2.30. The Kier molecular flexibility index (Phi) is 5.96. The Bertz CT molecular complexity index is 903. The van der Waals surface area contributed by atoms with Crippen LogP contribution in [-0.4, -0.2) is 22.5 Å². The third-order valence-corrected chi connectivity index (χ3v) is 5.43. The molecule has 1 amide bonds. The van der Waals surface area contributed by atoms with E-state index in [2.05, 4.69) is 4.99 Å². The van der Waals surface area contributed by atoms with E-state index in [9.17, 15) is 4.79 Å². The van der Waals surface area contributed by atoms with Crippen molar-refractivity contribution in [1.29, 1.82) is 0 Å². The second-order valence-corrected chi connectivity index (χ2v) is 7.15. The molecule has 26 heavy (non-hydrogen) atoms. The Morgan fingerprint density at radius 3 is 2.65 bits per heavy atom. The van der Waals surface area contributed by atoms with Crippen LogP contribution in [0.1, 0.15) is 18.1 Å². The Morgan fingerprint density at radius 1 is 1.15 bits per heavy atom. The first-order valence-corrected chi connectivity index (χ1v) is 9.56. The molecule has 3 rings (SSSR count). The number of amides is 1. The van der Waals surface area contributed by atoms with Gasteiger partial charge in [-0.25, -0.2) is 4.99 Å². The average molecular weight is 383 g/mol. The molecule has 1 fully saturated rings. The third-order valence-electron chi connectivity index (χ3n) is 4.00. The van der Waals surface area contributed by atoms with Crippen molar-refractivity contribution in [3.05, 3.63) is 81.7 Å². The quantitative estimate of drug-likeness (QED) is 0.623. The number of aliphatic imine (C=N–C) groups is 1. The molecule has 0 atom stereocenters. The highest BCUT2D eigenvalue weighted by atomic mass is 35.5. The predicted octanol–water partition coefficient (Wildman–Crippen LogP) is 5.83. The first kappa shape index (κ1) is 18.5. The maximum Gasteiger partial charge on any atom is 0.266 e. The second kappa shape index (κ2) is 8.39. The number of hydrogen-bond donors (Lipinski definition) is 0. The summed E-state index contributed by atoms with van der Waals surface area (Å²) in [6.45, 7) is 4.45. The summed E-state index contributed by atoms with van der Waals surface area (Å²) in [7, 11) is 0. The summed E-state index contributed by atoms with van der Waals surface area (Å²) in [5.41, 5.74) is 2.79. The first-order valence-electron chi connectivity index (χ1n) is 8.37. The van der Waals surface area contributed by atoms with E-state index >= 15 is 0 Å². The maximum absolute atomic E-state index is 12.6. The molecule has 0 spiro atoms. The normalized spacial score (nSPS) is 17.8. The molecule has 0 radical (unpaired) electrons. The molecule has 0 unspecified atom stereocenters. The van der Waals surface area contributed by atoms with Crippen LogP contribution in [0.2, 0.25) is 5.02 Å². The van der Waals surface area contributed by atoms with E-state index in [1.807, 2.05) is 80.6 Å². The number of benzene rings is 2. The molecule has 5 heteroatoms. The van der Waals surface area contributed by atoms with Crippen LogP contribution < -0.4 is 0 Å². The lowest BCUT2D eigenvalue weighted by Crippen LogP contribution is -2.28. The fourth-order valence-corrected chi connectivity index (χ4v) is 3.69. The molecule has 0 N–H and O–H groups in total. The van der Waals surface area contributed by atoms with Crippen LogP contribution in [0.5, 0.6) is 0 Å². The number of allylic oxidation sites excluding steroid dienone is 2. The second-order valence-electron chi connectivity index (χ2n) is 5.73. The molecule has 0 bridgehead atoms. The number of likely N-dealkylation sites (N-methyl/N-ethyl adjacent to an activating group) is 1. The zero-order valence-electron chi connectivity index (χ0n) is 14.6. The van der Waals surface area contributed by atoms with Gasteiger partial charge in [-0.3, -0.25) is 9.69 Å². The summed E-state index contributed by atoms with van der Waals surface area (Å²) in [6.07, 6.45) is 5.72. The van der Waals surface area contributed by atoms with E-state index in [1.54, 1.807) is 4.90 Å². The van der Waals surface area contributed by atoms with E-state index in [4.69, 9.17) is 11.6 Å². The highest BCUT2D eigenvalue weighted by Crippen LogP contribution is 2.34. The van der Waals surface area contributed by atoms with Gasteiger partial charge in [-0.2, -0.15) is 0 Å². The SMILES string of the molecule is CCN1C(=O)C(=CC=Cc2ccccc2)SC1=Nc1cccc(Cl)c1C. The summed E-state index contributed by atoms with van der Waals surface area (Å²) < 4.78 is 0. The first-order chi connectivity index (χ1) is 12.6. The molecule has 1 aliphatic heterocycles. The molecule has 3 nitrogen and oxygen atoms in total. The van der Waals surface area contributed by atoms with Gasteiger partial charge in [-0.1, -0.05) is 60.2 Å². The predicted molar refractivity (Wildman–Crippen MR) is 112 cm³/mol. The van der Waals surface area contributed by atoms with Crippen LogP contribution in [-0.2, 0) is 4.79 Å². The number of halogens is 1. The minimum atomic E-state index is -0.0198. The van der Waals surface area contributed by atoms with Crippen LogP contribution in [0.4, 0.5) is 5.69 Å². The van der Waals surface area contributed by atoms with Gasteiger partial charge < -0.3 is 0 Å². The lowest BCUT2D eigenvalue weighted by Gasteiger charge is -2.12. The average Bonchev–Trinajstić information content (AvgIpc) is 2.94. The van der Waals surface area contributed by atoms with E-state index in [-0.39, 0.29) is 5.91 Å². The summed E-state index contributed by atoms with van der Waals surface area (Å²) in [5.74, 6) is -0.0198. The van der Waals surface area contributed by atoms with E-state index in [1.165, 1.54) is 11.8 Å². The third kappa shape index (κ3) is 4.09. The number of carbonyl (C=O) groups excluding carboxylic acids is 1. The van der Waals surface area contributed by atoms with Gasteiger partial charge in [-0.05, 0) is 54.9 Å². The number of rotatable bonds is 4. The molecule has 1 heterocycles. The van der Waals surface area contributed by atoms with Gasteiger partial charge in [-0.15, -0.1) is 0 Å². The number of amidine groups is 1. The minimum Gasteiger partial charge on any atom is -0.287 e. The summed E-state index contributed by atoms with van der Waals surface area (Å²) >= 11 is 7.57. The topological polar surface area (TPSA) is 32.7 Å². The molecule has 0 aliphatic carbocycles. The van der Waals surface area contributed by atoms with Crippen LogP contribution >= 0.6 is 23.4 Å². The molecule has 2 aromatic rings. The number of thioether (sulfide) groups is 1. The largest absolute Gasteiger partial charge is 0.287 e. The molecule has 2 aromatic carbocycles. The Morgan fingerprint density at radius 2 is 1.92 bits per heavy atom. The highest BCUT2D eigenvalue weighted by molar-refractivity contribution is 8.18. The number of nitrogens with zero attached hydrogens (tertiary/aromatic N) is 2. The number of carbonyl (C=O) groups is 1. The van der Waals surface area contributed by atoms with Crippen LogP contribution in [0.15, 0.2) is 70.6 Å². The maximum atomic E-state index is 12.6. The molecule has 0 aromatic heterocycles. The summed E-state index contributed by atoms with van der Waals surface area (Å²) in [6, 6.07) is 15.6. The lowest BCUT2D eigenvalue weighted by atomic mass is 10.2. The number of hydrogen-bond acceptors (Lipinski definition) is 3. The van der Waals surface area contributed by atoms with Crippen molar-refractivity contribution in [2.45, 2.75) is 13.8 Å². The Balaban J connectivity index is 1.86. The van der Waals surface area contributed by atoms with E-state index in [0.717, 1.165) is 16.8 Å². The minimum absolute atomic E-state index is 0.0198.